The highest BCUT2D eigenvalue weighted by molar-refractivity contribution is 5.81. The van der Waals surface area contributed by atoms with Crippen LogP contribution in [-0.2, 0) is 16.1 Å². The Hall–Kier alpha value is -1.88. The van der Waals surface area contributed by atoms with Crippen molar-refractivity contribution in [2.75, 3.05) is 13.6 Å². The van der Waals surface area contributed by atoms with E-state index in [4.69, 9.17) is 0 Å². The first-order chi connectivity index (χ1) is 10.1. The van der Waals surface area contributed by atoms with Gasteiger partial charge in [0.15, 0.2) is 12.6 Å². The monoisotopic (exact) mass is 290 g/mol. The molecule has 1 unspecified atom stereocenters. The molecule has 0 aliphatic heterocycles. The van der Waals surface area contributed by atoms with E-state index in [-0.39, 0.29) is 17.9 Å². The molecule has 21 heavy (non-hydrogen) atoms. The normalized spacial score (nSPS) is 16.9. The number of hydrogen-bond acceptors (Lipinski definition) is 2. The molecule has 0 aromatic heterocycles. The van der Waals surface area contributed by atoms with E-state index in [1.165, 1.54) is 0 Å². The second-order valence-electron chi connectivity index (χ2n) is 5.79. The van der Waals surface area contributed by atoms with Crippen molar-refractivity contribution in [2.45, 2.75) is 38.4 Å². The summed E-state index contributed by atoms with van der Waals surface area (Å²) in [6.07, 6.45) is 2.16. The first kappa shape index (κ1) is 15.5. The summed E-state index contributed by atoms with van der Waals surface area (Å²) in [5.41, 5.74) is 1.07. The van der Waals surface area contributed by atoms with E-state index in [9.17, 15) is 9.59 Å². The number of benzene rings is 1. The van der Waals surface area contributed by atoms with Gasteiger partial charge in [-0.25, -0.2) is 0 Å². The van der Waals surface area contributed by atoms with Gasteiger partial charge in [-0.2, -0.15) is 0 Å². The molecule has 1 aliphatic carbocycles. The van der Waals surface area contributed by atoms with Crippen molar-refractivity contribution in [3.63, 3.8) is 0 Å². The Labute approximate surface area is 125 Å². The van der Waals surface area contributed by atoms with E-state index < -0.39 is 0 Å². The minimum Gasteiger partial charge on any atom is -0.348 e. The number of nitrogens with one attached hydrogen (secondary N) is 3. The molecule has 2 atom stereocenters. The molecule has 2 amide bonds. The van der Waals surface area contributed by atoms with E-state index in [0.717, 1.165) is 23.3 Å². The number of rotatable bonds is 7. The fourth-order valence-electron chi connectivity index (χ4n) is 2.07. The zero-order chi connectivity index (χ0) is 15.2. The van der Waals surface area contributed by atoms with Gasteiger partial charge in [-0.3, -0.25) is 9.59 Å². The minimum atomic E-state index is -0.251. The van der Waals surface area contributed by atoms with E-state index in [1.807, 2.05) is 44.3 Å². The third-order valence-electron chi connectivity index (χ3n) is 3.82. The first-order valence-corrected chi connectivity index (χ1v) is 7.49. The van der Waals surface area contributed by atoms with Crippen molar-refractivity contribution in [2.24, 2.45) is 0 Å². The van der Waals surface area contributed by atoms with Gasteiger partial charge >= 0.3 is 0 Å². The fraction of sp³-hybridized carbons (Fsp3) is 0.500. The third-order valence-corrected chi connectivity index (χ3v) is 3.82. The molecule has 0 radical (unpaired) electrons. The van der Waals surface area contributed by atoms with Gasteiger partial charge in [0.1, 0.15) is 0 Å². The van der Waals surface area contributed by atoms with Crippen molar-refractivity contribution in [3.8, 4) is 0 Å². The van der Waals surface area contributed by atoms with Gasteiger partial charge in [-0.15, -0.1) is 0 Å². The molecule has 114 valence electrons. The van der Waals surface area contributed by atoms with Crippen LogP contribution >= 0.6 is 0 Å². The van der Waals surface area contributed by atoms with Crippen molar-refractivity contribution in [1.82, 2.24) is 10.6 Å². The van der Waals surface area contributed by atoms with E-state index in [1.54, 1.807) is 0 Å². The quantitative estimate of drug-likeness (QED) is 0.633. The molecule has 0 heterocycles. The molecule has 3 N–H and O–H groups in total. The van der Waals surface area contributed by atoms with Crippen LogP contribution in [0.3, 0.4) is 0 Å². The van der Waals surface area contributed by atoms with Crippen LogP contribution in [0.4, 0.5) is 0 Å². The number of quaternary nitrogens is 1. The summed E-state index contributed by atoms with van der Waals surface area (Å²) in [6.45, 7) is 2.70. The highest BCUT2D eigenvalue weighted by Gasteiger charge is 2.27. The summed E-state index contributed by atoms with van der Waals surface area (Å²) >= 11 is 0. The molecular formula is C16H24N3O2+. The van der Waals surface area contributed by atoms with Gasteiger partial charge in [0.05, 0.1) is 7.05 Å². The molecular weight excluding hydrogens is 266 g/mol. The molecule has 1 fully saturated rings. The number of amides is 2. The Bertz CT molecular complexity index is 486. The fourth-order valence-corrected chi connectivity index (χ4v) is 2.07. The second kappa shape index (κ2) is 7.22. The van der Waals surface area contributed by atoms with Crippen LogP contribution in [-0.4, -0.2) is 37.5 Å². The zero-order valence-corrected chi connectivity index (χ0v) is 12.7. The van der Waals surface area contributed by atoms with E-state index in [2.05, 4.69) is 10.6 Å². The maximum atomic E-state index is 12.1. The average molecular weight is 290 g/mol. The summed E-state index contributed by atoms with van der Waals surface area (Å²) in [4.78, 5) is 24.8. The molecule has 0 spiro atoms. The smallest absolute Gasteiger partial charge is 0.278 e. The van der Waals surface area contributed by atoms with Crippen LogP contribution in [0.15, 0.2) is 30.3 Å². The van der Waals surface area contributed by atoms with Crippen LogP contribution in [0.25, 0.3) is 0 Å². The van der Waals surface area contributed by atoms with Crippen LogP contribution in [0.1, 0.15) is 25.3 Å². The van der Waals surface area contributed by atoms with E-state index >= 15 is 0 Å². The van der Waals surface area contributed by atoms with Crippen LogP contribution in [0, 0.1) is 0 Å². The lowest BCUT2D eigenvalue weighted by atomic mass is 10.2. The molecule has 1 aromatic rings. The number of hydrogen-bond donors (Lipinski definition) is 3. The third kappa shape index (κ3) is 5.19. The standard InChI is InChI=1S/C16H23N3O2/c1-12(19(2)11-15(20)18-14-8-9-14)16(21)17-10-13-6-4-3-5-7-13/h3-7,12,14H,8-11H2,1-2H3,(H,17,21)(H,18,20)/p+1/t12-/m0/s1. The average Bonchev–Trinajstić information content (AvgIpc) is 3.28. The van der Waals surface area contributed by atoms with Gasteiger partial charge in [-0.1, -0.05) is 30.3 Å². The number of carbonyl (C=O) groups is 2. The summed E-state index contributed by atoms with van der Waals surface area (Å²) < 4.78 is 0. The van der Waals surface area contributed by atoms with Gasteiger partial charge < -0.3 is 15.5 Å². The Kier molecular flexibility index (Phi) is 5.33. The molecule has 0 bridgehead atoms. The predicted octanol–water partition coefficient (Wildman–Crippen LogP) is -0.515. The van der Waals surface area contributed by atoms with Crippen molar-refractivity contribution in [3.05, 3.63) is 35.9 Å². The highest BCUT2D eigenvalue weighted by Crippen LogP contribution is 2.17. The highest BCUT2D eigenvalue weighted by atomic mass is 16.2. The maximum absolute atomic E-state index is 12.1. The van der Waals surface area contributed by atoms with Crippen molar-refractivity contribution in [1.29, 1.82) is 0 Å². The number of carbonyl (C=O) groups excluding carboxylic acids is 2. The van der Waals surface area contributed by atoms with E-state index in [0.29, 0.717) is 19.1 Å². The molecule has 5 nitrogen and oxygen atoms in total. The minimum absolute atomic E-state index is 0.0257. The summed E-state index contributed by atoms with van der Waals surface area (Å²) in [7, 11) is 1.87. The molecule has 2 rings (SSSR count). The maximum Gasteiger partial charge on any atom is 0.278 e. The molecule has 5 heteroatoms. The Morgan fingerprint density at radius 3 is 2.57 bits per heavy atom. The summed E-state index contributed by atoms with van der Waals surface area (Å²) in [5, 5.41) is 5.86. The second-order valence-corrected chi connectivity index (χ2v) is 5.79. The summed E-state index contributed by atoms with van der Waals surface area (Å²) in [6, 6.07) is 9.92. The molecule has 1 aromatic carbocycles. The largest absolute Gasteiger partial charge is 0.348 e. The lowest BCUT2D eigenvalue weighted by Gasteiger charge is -2.20. The Balaban J connectivity index is 1.73. The molecule has 0 saturated heterocycles. The van der Waals surface area contributed by atoms with Crippen LogP contribution in [0.5, 0.6) is 0 Å². The van der Waals surface area contributed by atoms with Crippen LogP contribution in [0.2, 0.25) is 0 Å². The lowest BCUT2D eigenvalue weighted by Crippen LogP contribution is -3.15. The molecule has 1 aliphatic rings. The van der Waals surface area contributed by atoms with Gasteiger partial charge in [0.2, 0.25) is 0 Å². The topological polar surface area (TPSA) is 62.6 Å². The molecule has 1 saturated carbocycles. The summed E-state index contributed by atoms with van der Waals surface area (Å²) in [5.74, 6) is -0.00622. The van der Waals surface area contributed by atoms with Crippen LogP contribution < -0.4 is 15.5 Å². The number of likely N-dealkylation sites (N-methyl/N-ethyl adjacent to an activating group) is 1. The Morgan fingerprint density at radius 1 is 1.29 bits per heavy atom. The lowest BCUT2D eigenvalue weighted by molar-refractivity contribution is -0.886. The van der Waals surface area contributed by atoms with Gasteiger partial charge in [-0.05, 0) is 25.3 Å². The SMILES string of the molecule is C[C@@H](C(=O)NCc1ccccc1)[NH+](C)CC(=O)NC1CC1. The Morgan fingerprint density at radius 2 is 1.95 bits per heavy atom. The van der Waals surface area contributed by atoms with Crippen molar-refractivity contribution >= 4 is 11.8 Å². The van der Waals surface area contributed by atoms with Gasteiger partial charge in [0, 0.05) is 12.6 Å². The van der Waals surface area contributed by atoms with Crippen molar-refractivity contribution < 1.29 is 14.5 Å². The predicted molar refractivity (Wildman–Crippen MR) is 80.7 cm³/mol. The zero-order valence-electron chi connectivity index (χ0n) is 12.7. The first-order valence-electron chi connectivity index (χ1n) is 7.49. The van der Waals surface area contributed by atoms with Gasteiger partial charge in [0.25, 0.3) is 11.8 Å².